The molecule has 2 aromatic rings. The average Bonchev–Trinajstić information content (AvgIpc) is 2.73. The Morgan fingerprint density at radius 1 is 1.09 bits per heavy atom. The molecule has 3 rings (SSSR count). The lowest BCUT2D eigenvalue weighted by atomic mass is 9.86. The number of nitrogens with one attached hydrogen (secondary N) is 1. The van der Waals surface area contributed by atoms with E-state index >= 15 is 0 Å². The number of hydrogen-bond donors (Lipinski definition) is 1. The number of rotatable bonds is 6. The summed E-state index contributed by atoms with van der Waals surface area (Å²) < 4.78 is 27.2. The van der Waals surface area contributed by atoms with Crippen LogP contribution in [0.1, 0.15) is 68.8 Å². The van der Waals surface area contributed by atoms with Crippen molar-refractivity contribution in [2.24, 2.45) is 5.92 Å². The SMILES string of the molecule is Cc1cccc(CS(=O)(=O)N2CCC(C(=O)N[C@H](C)c3ccc(C(C)(C)C)cc3)CC2)c1. The third-order valence-electron chi connectivity index (χ3n) is 6.29. The van der Waals surface area contributed by atoms with E-state index in [1.807, 2.05) is 38.1 Å². The van der Waals surface area contributed by atoms with E-state index in [1.165, 1.54) is 9.87 Å². The molecule has 174 valence electrons. The van der Waals surface area contributed by atoms with E-state index in [4.69, 9.17) is 0 Å². The first-order chi connectivity index (χ1) is 15.0. The fraction of sp³-hybridized carbons (Fsp3) is 0.500. The van der Waals surface area contributed by atoms with Gasteiger partial charge >= 0.3 is 0 Å². The summed E-state index contributed by atoms with van der Waals surface area (Å²) in [6, 6.07) is 15.9. The molecule has 0 radical (unpaired) electrons. The summed E-state index contributed by atoms with van der Waals surface area (Å²) in [5, 5.41) is 3.12. The maximum atomic E-state index is 12.8. The third kappa shape index (κ3) is 6.20. The van der Waals surface area contributed by atoms with Crippen molar-refractivity contribution in [2.45, 2.75) is 64.7 Å². The van der Waals surface area contributed by atoms with Crippen molar-refractivity contribution in [1.29, 1.82) is 0 Å². The lowest BCUT2D eigenvalue weighted by Crippen LogP contribution is -2.43. The van der Waals surface area contributed by atoms with Crippen molar-refractivity contribution in [1.82, 2.24) is 9.62 Å². The molecule has 1 amide bonds. The van der Waals surface area contributed by atoms with Crippen LogP contribution < -0.4 is 5.32 Å². The van der Waals surface area contributed by atoms with Gasteiger partial charge in [0.25, 0.3) is 0 Å². The molecule has 0 aromatic heterocycles. The van der Waals surface area contributed by atoms with Crippen LogP contribution in [0.4, 0.5) is 0 Å². The first kappa shape index (κ1) is 24.5. The van der Waals surface area contributed by atoms with Gasteiger partial charge in [-0.15, -0.1) is 0 Å². The van der Waals surface area contributed by atoms with Crippen LogP contribution >= 0.6 is 0 Å². The van der Waals surface area contributed by atoms with E-state index in [0.717, 1.165) is 16.7 Å². The van der Waals surface area contributed by atoms with Crippen LogP contribution in [0.15, 0.2) is 48.5 Å². The lowest BCUT2D eigenvalue weighted by molar-refractivity contribution is -0.126. The van der Waals surface area contributed by atoms with Gasteiger partial charge < -0.3 is 5.32 Å². The van der Waals surface area contributed by atoms with Crippen LogP contribution in [0.3, 0.4) is 0 Å². The Morgan fingerprint density at radius 2 is 1.72 bits per heavy atom. The van der Waals surface area contributed by atoms with Crippen LogP contribution in [-0.4, -0.2) is 31.7 Å². The van der Waals surface area contributed by atoms with E-state index in [0.29, 0.717) is 25.9 Å². The Kier molecular flexibility index (Phi) is 7.46. The predicted octanol–water partition coefficient (Wildman–Crippen LogP) is 4.71. The number of piperidine rings is 1. The quantitative estimate of drug-likeness (QED) is 0.684. The number of hydrogen-bond acceptors (Lipinski definition) is 3. The normalized spacial score (nSPS) is 17.2. The highest BCUT2D eigenvalue weighted by Gasteiger charge is 2.31. The molecule has 1 aliphatic heterocycles. The number of aryl methyl sites for hydroxylation is 1. The largest absolute Gasteiger partial charge is 0.349 e. The topological polar surface area (TPSA) is 66.5 Å². The minimum absolute atomic E-state index is 0.00708. The van der Waals surface area contributed by atoms with Crippen molar-refractivity contribution in [3.63, 3.8) is 0 Å². The Balaban J connectivity index is 1.53. The second kappa shape index (κ2) is 9.75. The molecule has 6 heteroatoms. The van der Waals surface area contributed by atoms with Crippen molar-refractivity contribution >= 4 is 15.9 Å². The Labute approximate surface area is 193 Å². The first-order valence-electron chi connectivity index (χ1n) is 11.4. The molecule has 0 spiro atoms. The number of nitrogens with zero attached hydrogens (tertiary/aromatic N) is 1. The van der Waals surface area contributed by atoms with Gasteiger partial charge in [-0.05, 0) is 48.8 Å². The number of benzene rings is 2. The zero-order chi connectivity index (χ0) is 23.5. The number of carbonyl (C=O) groups excluding carboxylic acids is 1. The minimum atomic E-state index is -3.38. The second-order valence-corrected chi connectivity index (χ2v) is 12.0. The van der Waals surface area contributed by atoms with Crippen molar-refractivity contribution in [3.8, 4) is 0 Å². The average molecular weight is 457 g/mol. The molecular formula is C26H36N2O3S. The number of carbonyl (C=O) groups is 1. The fourth-order valence-electron chi connectivity index (χ4n) is 4.19. The van der Waals surface area contributed by atoms with Crippen molar-refractivity contribution in [3.05, 3.63) is 70.8 Å². The molecule has 1 saturated heterocycles. The number of amides is 1. The summed E-state index contributed by atoms with van der Waals surface area (Å²) in [5.41, 5.74) is 4.29. The van der Waals surface area contributed by atoms with Crippen molar-refractivity contribution in [2.75, 3.05) is 13.1 Å². The van der Waals surface area contributed by atoms with Gasteiger partial charge in [0, 0.05) is 19.0 Å². The van der Waals surface area contributed by atoms with Crippen LogP contribution in [0.2, 0.25) is 0 Å². The summed E-state index contributed by atoms with van der Waals surface area (Å²) in [7, 11) is -3.38. The van der Waals surface area contributed by atoms with E-state index in [1.54, 1.807) is 0 Å². The van der Waals surface area contributed by atoms with Gasteiger partial charge in [0.2, 0.25) is 15.9 Å². The minimum Gasteiger partial charge on any atom is -0.349 e. The summed E-state index contributed by atoms with van der Waals surface area (Å²) in [5.74, 6) is -0.141. The van der Waals surface area contributed by atoms with Gasteiger partial charge in [-0.25, -0.2) is 12.7 Å². The predicted molar refractivity (Wildman–Crippen MR) is 130 cm³/mol. The molecule has 0 saturated carbocycles. The van der Waals surface area contributed by atoms with Crippen molar-refractivity contribution < 1.29 is 13.2 Å². The molecule has 5 nitrogen and oxygen atoms in total. The summed E-state index contributed by atoms with van der Waals surface area (Å²) >= 11 is 0. The van der Waals surface area contributed by atoms with E-state index < -0.39 is 10.0 Å². The highest BCUT2D eigenvalue weighted by Crippen LogP contribution is 2.26. The monoisotopic (exact) mass is 456 g/mol. The molecular weight excluding hydrogens is 420 g/mol. The van der Waals surface area contributed by atoms with E-state index in [-0.39, 0.29) is 29.0 Å². The molecule has 0 bridgehead atoms. The smallest absolute Gasteiger partial charge is 0.223 e. The molecule has 1 fully saturated rings. The van der Waals surface area contributed by atoms with Crippen LogP contribution in [0, 0.1) is 12.8 Å². The lowest BCUT2D eigenvalue weighted by Gasteiger charge is -2.31. The first-order valence-corrected chi connectivity index (χ1v) is 13.0. The van der Waals surface area contributed by atoms with Crippen LogP contribution in [0.5, 0.6) is 0 Å². The van der Waals surface area contributed by atoms with E-state index in [9.17, 15) is 13.2 Å². The van der Waals surface area contributed by atoms with E-state index in [2.05, 4.69) is 50.4 Å². The summed E-state index contributed by atoms with van der Waals surface area (Å²) in [6.07, 6.45) is 1.10. The molecule has 1 N–H and O–H groups in total. The Morgan fingerprint density at radius 3 is 2.28 bits per heavy atom. The molecule has 1 aliphatic rings. The van der Waals surface area contributed by atoms with Gasteiger partial charge in [0.05, 0.1) is 11.8 Å². The van der Waals surface area contributed by atoms with Gasteiger partial charge in [0.15, 0.2) is 0 Å². The second-order valence-electron chi connectivity index (χ2n) is 10.0. The highest BCUT2D eigenvalue weighted by atomic mass is 32.2. The summed E-state index contributed by atoms with van der Waals surface area (Å²) in [4.78, 5) is 12.8. The van der Waals surface area contributed by atoms with Gasteiger partial charge in [0.1, 0.15) is 0 Å². The Hall–Kier alpha value is -2.18. The van der Waals surface area contributed by atoms with Crippen LogP contribution in [-0.2, 0) is 26.0 Å². The standard InChI is InChI=1S/C26H36N2O3S/c1-19-7-6-8-21(17-19)18-32(30,31)28-15-13-23(14-16-28)25(29)27-20(2)22-9-11-24(12-10-22)26(3,4)5/h6-12,17,20,23H,13-16,18H2,1-5H3,(H,27,29)/t20-/m1/s1. The summed E-state index contributed by atoms with van der Waals surface area (Å²) in [6.45, 7) is 11.3. The molecule has 1 heterocycles. The van der Waals surface area contributed by atoms with Gasteiger partial charge in [-0.2, -0.15) is 0 Å². The molecule has 32 heavy (non-hydrogen) atoms. The molecule has 2 aromatic carbocycles. The molecule has 0 unspecified atom stereocenters. The maximum absolute atomic E-state index is 12.8. The zero-order valence-electron chi connectivity index (χ0n) is 19.9. The zero-order valence-corrected chi connectivity index (χ0v) is 20.7. The number of sulfonamides is 1. The van der Waals surface area contributed by atoms with Gasteiger partial charge in [-0.1, -0.05) is 74.9 Å². The molecule has 0 aliphatic carbocycles. The molecule has 1 atom stereocenters. The maximum Gasteiger partial charge on any atom is 0.223 e. The van der Waals surface area contributed by atoms with Gasteiger partial charge in [-0.3, -0.25) is 4.79 Å². The third-order valence-corrected chi connectivity index (χ3v) is 8.14. The fourth-order valence-corrected chi connectivity index (χ4v) is 5.74. The Bertz CT molecular complexity index is 1030. The van der Waals surface area contributed by atoms with Crippen LogP contribution in [0.25, 0.3) is 0 Å². The highest BCUT2D eigenvalue weighted by molar-refractivity contribution is 7.88.